The van der Waals surface area contributed by atoms with Crippen LogP contribution in [0.5, 0.6) is 0 Å². The Hall–Kier alpha value is 0.907. The molecule has 1 unspecified atom stereocenters. The van der Waals surface area contributed by atoms with Crippen LogP contribution in [0.25, 0.3) is 0 Å². The molecule has 0 N–H and O–H groups in total. The molecule has 0 rings (SSSR count). The molecule has 0 aliphatic heterocycles. The van der Waals surface area contributed by atoms with Gasteiger partial charge >= 0.3 is 0 Å². The Morgan fingerprint density at radius 3 is 2.20 bits per heavy atom. The summed E-state index contributed by atoms with van der Waals surface area (Å²) in [5, 5.41) is 0.343. The van der Waals surface area contributed by atoms with Crippen LogP contribution in [0, 0.1) is 5.92 Å². The van der Waals surface area contributed by atoms with Crippen LogP contribution in [-0.2, 0) is 4.43 Å². The van der Waals surface area contributed by atoms with Gasteiger partial charge in [0.2, 0.25) is 0 Å². The van der Waals surface area contributed by atoms with Crippen molar-refractivity contribution in [1.29, 1.82) is 0 Å². The lowest BCUT2D eigenvalue weighted by atomic mass is 10.1. The van der Waals surface area contributed by atoms with Crippen molar-refractivity contribution >= 4 is 30.9 Å². The van der Waals surface area contributed by atoms with Gasteiger partial charge in [-0.25, -0.2) is 0 Å². The lowest BCUT2D eigenvalue weighted by Crippen LogP contribution is -2.41. The monoisotopic (exact) mass is 342 g/mol. The molecule has 0 heterocycles. The Labute approximate surface area is 111 Å². The third-order valence-corrected chi connectivity index (χ3v) is 8.63. The lowest BCUT2D eigenvalue weighted by Gasteiger charge is -2.37. The van der Waals surface area contributed by atoms with Gasteiger partial charge in [0, 0.05) is 6.61 Å². The minimum absolute atomic E-state index is 0.343. The SMILES string of the molecule is CC(CCCI)CO[Si](C)(C)C(C)(C)C. The van der Waals surface area contributed by atoms with Crippen molar-refractivity contribution in [2.24, 2.45) is 5.92 Å². The van der Waals surface area contributed by atoms with Crippen molar-refractivity contribution < 1.29 is 4.43 Å². The zero-order valence-corrected chi connectivity index (χ0v) is 14.3. The third-order valence-electron chi connectivity index (χ3n) is 3.37. The van der Waals surface area contributed by atoms with E-state index >= 15 is 0 Å². The summed E-state index contributed by atoms with van der Waals surface area (Å²) in [6, 6.07) is 0. The first-order valence-electron chi connectivity index (χ1n) is 5.90. The number of alkyl halides is 1. The van der Waals surface area contributed by atoms with E-state index in [2.05, 4.69) is 63.4 Å². The number of rotatable bonds is 6. The molecule has 1 nitrogen and oxygen atoms in total. The molecule has 0 aliphatic carbocycles. The van der Waals surface area contributed by atoms with Crippen molar-refractivity contribution in [2.75, 3.05) is 11.0 Å². The summed E-state index contributed by atoms with van der Waals surface area (Å²) in [6.45, 7) is 14.8. The summed E-state index contributed by atoms with van der Waals surface area (Å²) in [4.78, 5) is 0. The second kappa shape index (κ2) is 6.60. The highest BCUT2D eigenvalue weighted by atomic mass is 127. The first kappa shape index (κ1) is 15.9. The Bertz CT molecular complexity index is 175. The lowest BCUT2D eigenvalue weighted by molar-refractivity contribution is 0.230. The minimum atomic E-state index is -1.51. The summed E-state index contributed by atoms with van der Waals surface area (Å²) in [7, 11) is -1.51. The van der Waals surface area contributed by atoms with E-state index in [1.807, 2.05) is 0 Å². The van der Waals surface area contributed by atoms with Crippen LogP contribution in [0.1, 0.15) is 40.5 Å². The second-order valence-corrected chi connectivity index (χ2v) is 11.9. The third kappa shape index (κ3) is 6.27. The predicted octanol–water partition coefficient (Wildman–Crippen LogP) is 4.86. The Kier molecular flexibility index (Phi) is 6.99. The molecule has 0 radical (unpaired) electrons. The van der Waals surface area contributed by atoms with Gasteiger partial charge in [-0.05, 0) is 41.3 Å². The standard InChI is InChI=1S/C12H27IOSi/c1-11(8-7-9-13)10-14-15(5,6)12(2,3)4/h11H,7-10H2,1-6H3. The summed E-state index contributed by atoms with van der Waals surface area (Å²) in [5.41, 5.74) is 0. The van der Waals surface area contributed by atoms with Crippen LogP contribution in [0.15, 0.2) is 0 Å². The van der Waals surface area contributed by atoms with Gasteiger partial charge in [-0.2, -0.15) is 0 Å². The zero-order valence-electron chi connectivity index (χ0n) is 11.2. The summed E-state index contributed by atoms with van der Waals surface area (Å²) < 4.78 is 7.46. The maximum absolute atomic E-state index is 6.19. The van der Waals surface area contributed by atoms with Crippen LogP contribution in [0.4, 0.5) is 0 Å². The highest BCUT2D eigenvalue weighted by molar-refractivity contribution is 14.1. The van der Waals surface area contributed by atoms with Gasteiger partial charge in [-0.1, -0.05) is 50.3 Å². The average molecular weight is 342 g/mol. The molecule has 0 spiro atoms. The van der Waals surface area contributed by atoms with Crippen LogP contribution < -0.4 is 0 Å². The smallest absolute Gasteiger partial charge is 0.191 e. The van der Waals surface area contributed by atoms with E-state index < -0.39 is 8.32 Å². The fourth-order valence-electron chi connectivity index (χ4n) is 1.08. The van der Waals surface area contributed by atoms with E-state index in [-0.39, 0.29) is 0 Å². The van der Waals surface area contributed by atoms with E-state index in [1.54, 1.807) is 0 Å². The zero-order chi connectivity index (χ0) is 12.1. The van der Waals surface area contributed by atoms with Gasteiger partial charge in [0.1, 0.15) is 0 Å². The molecule has 0 aromatic carbocycles. The van der Waals surface area contributed by atoms with Crippen LogP contribution in [-0.4, -0.2) is 19.4 Å². The quantitative estimate of drug-likeness (QED) is 0.381. The van der Waals surface area contributed by atoms with Crippen molar-refractivity contribution in [2.45, 2.75) is 58.7 Å². The van der Waals surface area contributed by atoms with Crippen LogP contribution in [0.2, 0.25) is 18.1 Å². The summed E-state index contributed by atoms with van der Waals surface area (Å²) >= 11 is 2.45. The maximum Gasteiger partial charge on any atom is 0.191 e. The molecule has 0 fully saturated rings. The minimum Gasteiger partial charge on any atom is -0.417 e. The van der Waals surface area contributed by atoms with Crippen molar-refractivity contribution in [1.82, 2.24) is 0 Å². The second-order valence-electron chi connectivity index (χ2n) is 6.01. The van der Waals surface area contributed by atoms with Crippen LogP contribution >= 0.6 is 22.6 Å². The number of hydrogen-bond donors (Lipinski definition) is 0. The van der Waals surface area contributed by atoms with Gasteiger partial charge in [-0.15, -0.1) is 0 Å². The molecule has 0 bridgehead atoms. The Morgan fingerprint density at radius 2 is 1.80 bits per heavy atom. The number of halogens is 1. The van der Waals surface area contributed by atoms with Gasteiger partial charge < -0.3 is 4.43 Å². The van der Waals surface area contributed by atoms with Gasteiger partial charge in [0.05, 0.1) is 0 Å². The molecular formula is C12H27IOSi. The molecule has 92 valence electrons. The van der Waals surface area contributed by atoms with E-state index in [0.29, 0.717) is 11.0 Å². The average Bonchev–Trinajstić information content (AvgIpc) is 2.09. The topological polar surface area (TPSA) is 9.23 Å². The molecule has 0 aliphatic rings. The maximum atomic E-state index is 6.19. The van der Waals surface area contributed by atoms with Crippen molar-refractivity contribution in [3.8, 4) is 0 Å². The summed E-state index contributed by atoms with van der Waals surface area (Å²) in [6.07, 6.45) is 2.63. The number of hydrogen-bond acceptors (Lipinski definition) is 1. The largest absolute Gasteiger partial charge is 0.417 e. The Balaban J connectivity index is 3.93. The van der Waals surface area contributed by atoms with E-state index in [0.717, 1.165) is 6.61 Å². The van der Waals surface area contributed by atoms with E-state index in [1.165, 1.54) is 17.3 Å². The molecular weight excluding hydrogens is 315 g/mol. The highest BCUT2D eigenvalue weighted by Crippen LogP contribution is 2.36. The van der Waals surface area contributed by atoms with Gasteiger partial charge in [-0.3, -0.25) is 0 Å². The van der Waals surface area contributed by atoms with Crippen molar-refractivity contribution in [3.63, 3.8) is 0 Å². The molecule has 0 amide bonds. The summed E-state index contributed by atoms with van der Waals surface area (Å²) in [5.74, 6) is 0.717. The fourth-order valence-corrected chi connectivity index (χ4v) is 2.65. The van der Waals surface area contributed by atoms with E-state index in [4.69, 9.17) is 4.43 Å². The van der Waals surface area contributed by atoms with Crippen LogP contribution in [0.3, 0.4) is 0 Å². The first-order chi connectivity index (χ1) is 6.70. The molecule has 15 heavy (non-hydrogen) atoms. The molecule has 0 aromatic heterocycles. The predicted molar refractivity (Wildman–Crippen MR) is 80.4 cm³/mol. The van der Waals surface area contributed by atoms with Crippen molar-refractivity contribution in [3.05, 3.63) is 0 Å². The molecule has 0 saturated carbocycles. The van der Waals surface area contributed by atoms with Gasteiger partial charge in [0.25, 0.3) is 0 Å². The first-order valence-corrected chi connectivity index (χ1v) is 10.3. The van der Waals surface area contributed by atoms with Gasteiger partial charge in [0.15, 0.2) is 8.32 Å². The van der Waals surface area contributed by atoms with E-state index in [9.17, 15) is 0 Å². The normalized spacial score (nSPS) is 15.4. The molecule has 0 saturated heterocycles. The molecule has 0 aromatic rings. The fraction of sp³-hybridized carbons (Fsp3) is 1.00. The molecule has 3 heteroatoms. The highest BCUT2D eigenvalue weighted by Gasteiger charge is 2.37. The molecule has 1 atom stereocenters. The Morgan fingerprint density at radius 1 is 1.27 bits per heavy atom.